The van der Waals surface area contributed by atoms with Crippen LogP contribution in [0.2, 0.25) is 0 Å². The fourth-order valence-electron chi connectivity index (χ4n) is 2.68. The molecule has 1 aliphatic rings. The number of halogens is 1. The SMILES string of the molecule is CC(=O)OCC1O[C@@H](Oc2ccccc2Br)C(C)[C@@H](C)[C@H]1C. The van der Waals surface area contributed by atoms with E-state index in [1.165, 1.54) is 6.92 Å². The third-order valence-corrected chi connectivity index (χ3v) is 5.17. The Morgan fingerprint density at radius 2 is 1.86 bits per heavy atom. The summed E-state index contributed by atoms with van der Waals surface area (Å²) >= 11 is 3.49. The van der Waals surface area contributed by atoms with E-state index >= 15 is 0 Å². The van der Waals surface area contributed by atoms with Crippen molar-refractivity contribution in [2.45, 2.75) is 40.1 Å². The van der Waals surface area contributed by atoms with Crippen molar-refractivity contribution < 1.29 is 19.0 Å². The van der Waals surface area contributed by atoms with Gasteiger partial charge in [-0.15, -0.1) is 0 Å². The molecular weight excluding hydrogens is 348 g/mol. The highest BCUT2D eigenvalue weighted by Gasteiger charge is 2.40. The molecule has 2 unspecified atom stereocenters. The third-order valence-electron chi connectivity index (χ3n) is 4.51. The second-order valence-electron chi connectivity index (χ2n) is 5.97. The summed E-state index contributed by atoms with van der Waals surface area (Å²) in [6.45, 7) is 8.13. The quantitative estimate of drug-likeness (QED) is 0.750. The zero-order valence-electron chi connectivity index (χ0n) is 13.4. The molecule has 1 aromatic carbocycles. The number of carbonyl (C=O) groups excluding carboxylic acids is 1. The summed E-state index contributed by atoms with van der Waals surface area (Å²) < 4.78 is 18.1. The third kappa shape index (κ3) is 4.02. The summed E-state index contributed by atoms with van der Waals surface area (Å²) in [7, 11) is 0. The molecule has 4 nitrogen and oxygen atoms in total. The van der Waals surface area contributed by atoms with E-state index < -0.39 is 0 Å². The zero-order chi connectivity index (χ0) is 16.3. The Morgan fingerprint density at radius 3 is 2.50 bits per heavy atom. The van der Waals surface area contributed by atoms with E-state index in [1.807, 2.05) is 24.3 Å². The van der Waals surface area contributed by atoms with Crippen molar-refractivity contribution in [3.05, 3.63) is 28.7 Å². The van der Waals surface area contributed by atoms with Gasteiger partial charge in [-0.25, -0.2) is 0 Å². The van der Waals surface area contributed by atoms with E-state index in [0.29, 0.717) is 11.8 Å². The van der Waals surface area contributed by atoms with E-state index in [2.05, 4.69) is 36.7 Å². The highest BCUT2D eigenvalue weighted by atomic mass is 79.9. The highest BCUT2D eigenvalue weighted by Crippen LogP contribution is 2.37. The number of benzene rings is 1. The minimum absolute atomic E-state index is 0.150. The molecule has 122 valence electrons. The maximum atomic E-state index is 11.0. The molecule has 0 aliphatic carbocycles. The number of rotatable bonds is 4. The van der Waals surface area contributed by atoms with Crippen molar-refractivity contribution in [3.63, 3.8) is 0 Å². The van der Waals surface area contributed by atoms with Gasteiger partial charge in [-0.3, -0.25) is 4.79 Å². The molecule has 1 aromatic rings. The minimum atomic E-state index is -0.356. The summed E-state index contributed by atoms with van der Waals surface area (Å²) in [5, 5.41) is 0. The van der Waals surface area contributed by atoms with Crippen molar-refractivity contribution in [1.82, 2.24) is 0 Å². The fourth-order valence-corrected chi connectivity index (χ4v) is 3.05. The first-order valence-corrected chi connectivity index (χ1v) is 8.39. The number of para-hydroxylation sites is 1. The Kier molecular flexibility index (Phi) is 5.87. The van der Waals surface area contributed by atoms with Gasteiger partial charge >= 0.3 is 5.97 Å². The minimum Gasteiger partial charge on any atom is -0.463 e. The van der Waals surface area contributed by atoms with Gasteiger partial charge in [0.1, 0.15) is 12.4 Å². The molecule has 22 heavy (non-hydrogen) atoms. The topological polar surface area (TPSA) is 44.8 Å². The van der Waals surface area contributed by atoms with Crippen LogP contribution in [0.5, 0.6) is 5.75 Å². The van der Waals surface area contributed by atoms with Gasteiger partial charge in [0.25, 0.3) is 0 Å². The van der Waals surface area contributed by atoms with Gasteiger partial charge in [0.05, 0.1) is 10.6 Å². The van der Waals surface area contributed by atoms with Gasteiger partial charge < -0.3 is 14.2 Å². The molecule has 5 atom stereocenters. The molecule has 0 N–H and O–H groups in total. The monoisotopic (exact) mass is 370 g/mol. The van der Waals surface area contributed by atoms with Gasteiger partial charge in [0.2, 0.25) is 6.29 Å². The first kappa shape index (κ1) is 17.3. The maximum absolute atomic E-state index is 11.0. The van der Waals surface area contributed by atoms with Crippen molar-refractivity contribution in [2.24, 2.45) is 17.8 Å². The van der Waals surface area contributed by atoms with Crippen molar-refractivity contribution in [2.75, 3.05) is 6.61 Å². The Labute approximate surface area is 140 Å². The average molecular weight is 371 g/mol. The predicted octanol–water partition coefficient (Wildman–Crippen LogP) is 4.02. The lowest BCUT2D eigenvalue weighted by Crippen LogP contribution is -2.49. The summed E-state index contributed by atoms with van der Waals surface area (Å²) in [6.07, 6.45) is -0.506. The highest BCUT2D eigenvalue weighted by molar-refractivity contribution is 9.10. The van der Waals surface area contributed by atoms with Crippen molar-refractivity contribution in [1.29, 1.82) is 0 Å². The fraction of sp³-hybridized carbons (Fsp3) is 0.588. The second-order valence-corrected chi connectivity index (χ2v) is 6.83. The largest absolute Gasteiger partial charge is 0.463 e. The van der Waals surface area contributed by atoms with E-state index in [4.69, 9.17) is 14.2 Å². The van der Waals surface area contributed by atoms with Crippen LogP contribution in [0.25, 0.3) is 0 Å². The lowest BCUT2D eigenvalue weighted by atomic mass is 9.79. The molecule has 0 radical (unpaired) electrons. The summed E-state index contributed by atoms with van der Waals surface area (Å²) in [6, 6.07) is 7.71. The van der Waals surface area contributed by atoms with Crippen LogP contribution in [0.3, 0.4) is 0 Å². The Bertz CT molecular complexity index is 519. The number of esters is 1. The van der Waals surface area contributed by atoms with Crippen LogP contribution in [0.15, 0.2) is 28.7 Å². The standard InChI is InChI=1S/C17H23BrO4/c1-10-11(2)16(9-20-13(4)19)22-17(12(10)3)21-15-8-6-5-7-14(15)18/h5-8,10-12,16-17H,9H2,1-4H3/t10-,11+,12?,16?,17+/m0/s1. The van der Waals surface area contributed by atoms with Gasteiger partial charge in [-0.1, -0.05) is 32.9 Å². The smallest absolute Gasteiger partial charge is 0.302 e. The molecule has 0 bridgehead atoms. The summed E-state index contributed by atoms with van der Waals surface area (Å²) in [4.78, 5) is 11.0. The normalized spacial score (nSPS) is 31.6. The summed E-state index contributed by atoms with van der Waals surface area (Å²) in [5.74, 6) is 1.42. The number of hydrogen-bond donors (Lipinski definition) is 0. The van der Waals surface area contributed by atoms with Crippen LogP contribution in [0, 0.1) is 17.8 Å². The molecule has 1 fully saturated rings. The van der Waals surface area contributed by atoms with Crippen LogP contribution >= 0.6 is 15.9 Å². The molecule has 0 spiro atoms. The first-order chi connectivity index (χ1) is 10.4. The number of hydrogen-bond acceptors (Lipinski definition) is 4. The lowest BCUT2D eigenvalue weighted by molar-refractivity contribution is -0.223. The van der Waals surface area contributed by atoms with Crippen molar-refractivity contribution in [3.8, 4) is 5.75 Å². The van der Waals surface area contributed by atoms with Crippen LogP contribution in [-0.2, 0) is 14.3 Å². The van der Waals surface area contributed by atoms with E-state index in [9.17, 15) is 4.79 Å². The molecule has 5 heteroatoms. The van der Waals surface area contributed by atoms with Crippen molar-refractivity contribution >= 4 is 21.9 Å². The Balaban J connectivity index is 2.09. The molecule has 1 aliphatic heterocycles. The first-order valence-electron chi connectivity index (χ1n) is 7.60. The van der Waals surface area contributed by atoms with E-state index in [0.717, 1.165) is 10.2 Å². The van der Waals surface area contributed by atoms with Gasteiger partial charge in [0, 0.05) is 12.8 Å². The molecule has 0 aromatic heterocycles. The summed E-state index contributed by atoms with van der Waals surface area (Å²) in [5.41, 5.74) is 0. The molecule has 2 rings (SSSR count). The Hall–Kier alpha value is -1.07. The van der Waals surface area contributed by atoms with Crippen LogP contribution < -0.4 is 4.74 Å². The Morgan fingerprint density at radius 1 is 1.18 bits per heavy atom. The molecule has 0 saturated carbocycles. The molecule has 0 amide bonds. The van der Waals surface area contributed by atoms with E-state index in [1.54, 1.807) is 0 Å². The number of ether oxygens (including phenoxy) is 3. The molecular formula is C17H23BrO4. The van der Waals surface area contributed by atoms with Crippen LogP contribution in [0.4, 0.5) is 0 Å². The molecule has 1 saturated heterocycles. The zero-order valence-corrected chi connectivity index (χ0v) is 15.0. The molecule has 1 heterocycles. The average Bonchev–Trinajstić information content (AvgIpc) is 2.48. The van der Waals surface area contributed by atoms with E-state index in [-0.39, 0.29) is 30.9 Å². The van der Waals surface area contributed by atoms with Crippen LogP contribution in [0.1, 0.15) is 27.7 Å². The van der Waals surface area contributed by atoms with Crippen LogP contribution in [-0.4, -0.2) is 25.0 Å². The maximum Gasteiger partial charge on any atom is 0.302 e. The lowest BCUT2D eigenvalue weighted by Gasteiger charge is -2.43. The van der Waals surface area contributed by atoms with Gasteiger partial charge in [0.15, 0.2) is 0 Å². The predicted molar refractivity (Wildman–Crippen MR) is 87.6 cm³/mol. The van der Waals surface area contributed by atoms with Gasteiger partial charge in [-0.05, 0) is 39.9 Å². The van der Waals surface area contributed by atoms with Gasteiger partial charge in [-0.2, -0.15) is 0 Å². The second kappa shape index (κ2) is 7.47. The number of carbonyl (C=O) groups is 1.